The predicted molar refractivity (Wildman–Crippen MR) is 117 cm³/mol. The van der Waals surface area contributed by atoms with Gasteiger partial charge in [0, 0.05) is 21.0 Å². The van der Waals surface area contributed by atoms with E-state index < -0.39 is 0 Å². The summed E-state index contributed by atoms with van der Waals surface area (Å²) in [5, 5.41) is 1.53. The molecule has 3 aromatic rings. The van der Waals surface area contributed by atoms with E-state index in [0.29, 0.717) is 25.8 Å². The van der Waals surface area contributed by atoms with Crippen molar-refractivity contribution >= 4 is 63.9 Å². The van der Waals surface area contributed by atoms with Crippen LogP contribution in [-0.2, 0) is 11.3 Å². The van der Waals surface area contributed by atoms with E-state index in [1.165, 1.54) is 16.7 Å². The fourth-order valence-electron chi connectivity index (χ4n) is 2.65. The number of hydrogen-bond acceptors (Lipinski definition) is 5. The molecule has 8 heteroatoms. The molecule has 1 aromatic heterocycles. The Morgan fingerprint density at radius 2 is 1.76 bits per heavy atom. The summed E-state index contributed by atoms with van der Waals surface area (Å²) < 4.78 is 5.77. The van der Waals surface area contributed by atoms with Gasteiger partial charge in [0.1, 0.15) is 5.76 Å². The van der Waals surface area contributed by atoms with E-state index in [4.69, 9.17) is 27.6 Å². The summed E-state index contributed by atoms with van der Waals surface area (Å²) in [5.41, 5.74) is 0.720. The number of amides is 2. The van der Waals surface area contributed by atoms with Crippen LogP contribution in [0.1, 0.15) is 11.3 Å². The largest absolute Gasteiger partial charge is 0.450 e. The molecule has 0 spiro atoms. The smallest absolute Gasteiger partial charge is 0.293 e. The van der Waals surface area contributed by atoms with Crippen molar-refractivity contribution in [1.29, 1.82) is 0 Å². The minimum absolute atomic E-state index is 0.136. The van der Waals surface area contributed by atoms with Gasteiger partial charge in [0.05, 0.1) is 11.4 Å². The molecule has 0 aliphatic carbocycles. The van der Waals surface area contributed by atoms with E-state index in [9.17, 15) is 9.59 Å². The average molecular weight is 462 g/mol. The van der Waals surface area contributed by atoms with E-state index in [1.54, 1.807) is 30.3 Å². The van der Waals surface area contributed by atoms with Gasteiger partial charge in [0.2, 0.25) is 0 Å². The fraction of sp³-hybridized carbons (Fsp3) is 0.0476. The highest BCUT2D eigenvalue weighted by Gasteiger charge is 2.35. The third-order valence-electron chi connectivity index (χ3n) is 4.07. The van der Waals surface area contributed by atoms with E-state index in [0.717, 1.165) is 22.2 Å². The quantitative estimate of drug-likeness (QED) is 0.383. The molecule has 1 aliphatic heterocycles. The molecule has 1 fully saturated rings. The van der Waals surface area contributed by atoms with Crippen molar-refractivity contribution < 1.29 is 14.0 Å². The molecule has 4 nitrogen and oxygen atoms in total. The van der Waals surface area contributed by atoms with E-state index >= 15 is 0 Å². The van der Waals surface area contributed by atoms with Gasteiger partial charge in [0.15, 0.2) is 5.09 Å². The number of thioether (sulfide) groups is 1. The molecule has 1 aliphatic rings. The Kier molecular flexibility index (Phi) is 6.06. The SMILES string of the molecule is O=C1S/C(=C\c2ccc(Sc3ccc(Cl)cc3)o2)C(=O)N1Cc1ccccc1Cl. The third kappa shape index (κ3) is 4.73. The maximum absolute atomic E-state index is 12.7. The van der Waals surface area contributed by atoms with Crippen LogP contribution in [0.4, 0.5) is 4.79 Å². The van der Waals surface area contributed by atoms with Gasteiger partial charge in [-0.1, -0.05) is 53.2 Å². The molecule has 29 heavy (non-hydrogen) atoms. The summed E-state index contributed by atoms with van der Waals surface area (Å²) in [4.78, 5) is 27.5. The number of hydrogen-bond donors (Lipinski definition) is 0. The van der Waals surface area contributed by atoms with Crippen LogP contribution in [-0.4, -0.2) is 16.0 Å². The molecule has 146 valence electrons. The first-order valence-corrected chi connectivity index (χ1v) is 10.9. The number of rotatable bonds is 5. The van der Waals surface area contributed by atoms with Crippen LogP contribution < -0.4 is 0 Å². The molecule has 1 saturated heterocycles. The van der Waals surface area contributed by atoms with Gasteiger partial charge in [-0.3, -0.25) is 14.5 Å². The molecule has 0 unspecified atom stereocenters. The summed E-state index contributed by atoms with van der Waals surface area (Å²) >= 11 is 14.4. The van der Waals surface area contributed by atoms with E-state index in [1.807, 2.05) is 36.4 Å². The first kappa shape index (κ1) is 20.2. The lowest BCUT2D eigenvalue weighted by atomic mass is 10.2. The standard InChI is InChI=1S/C21H13Cl2NO3S2/c22-14-5-8-16(9-6-14)28-19-10-7-15(27-19)11-18-20(25)24(21(26)29-18)12-13-3-1-2-4-17(13)23/h1-11H,12H2/b18-11-. The Morgan fingerprint density at radius 1 is 1.00 bits per heavy atom. The van der Waals surface area contributed by atoms with Gasteiger partial charge in [-0.2, -0.15) is 0 Å². The third-order valence-corrected chi connectivity index (χ3v) is 6.52. The highest BCUT2D eigenvalue weighted by atomic mass is 35.5. The van der Waals surface area contributed by atoms with Crippen molar-refractivity contribution in [3.8, 4) is 0 Å². The Morgan fingerprint density at radius 3 is 2.52 bits per heavy atom. The number of halogens is 2. The highest BCUT2D eigenvalue weighted by molar-refractivity contribution is 8.18. The summed E-state index contributed by atoms with van der Waals surface area (Å²) in [6.07, 6.45) is 1.59. The van der Waals surface area contributed by atoms with Crippen LogP contribution in [0.5, 0.6) is 0 Å². The number of carbonyl (C=O) groups is 2. The molecular weight excluding hydrogens is 449 g/mol. The zero-order chi connectivity index (χ0) is 20.4. The Bertz CT molecular complexity index is 1110. The minimum atomic E-state index is -0.358. The lowest BCUT2D eigenvalue weighted by molar-refractivity contribution is -0.123. The minimum Gasteiger partial charge on any atom is -0.450 e. The van der Waals surface area contributed by atoms with Crippen molar-refractivity contribution in [1.82, 2.24) is 4.90 Å². The Labute approximate surface area is 185 Å². The maximum atomic E-state index is 12.7. The van der Waals surface area contributed by atoms with Crippen LogP contribution in [0, 0.1) is 0 Å². The average Bonchev–Trinajstić information content (AvgIpc) is 3.25. The van der Waals surface area contributed by atoms with Crippen molar-refractivity contribution in [3.63, 3.8) is 0 Å². The van der Waals surface area contributed by atoms with Crippen molar-refractivity contribution in [3.05, 3.63) is 86.9 Å². The van der Waals surface area contributed by atoms with Crippen molar-refractivity contribution in [2.75, 3.05) is 0 Å². The second-order valence-electron chi connectivity index (χ2n) is 6.07. The van der Waals surface area contributed by atoms with Crippen LogP contribution in [0.25, 0.3) is 6.08 Å². The Balaban J connectivity index is 1.48. The number of furan rings is 1. The van der Waals surface area contributed by atoms with Crippen LogP contribution in [0.3, 0.4) is 0 Å². The first-order chi connectivity index (χ1) is 14.0. The zero-order valence-corrected chi connectivity index (χ0v) is 17.9. The van der Waals surface area contributed by atoms with Crippen molar-refractivity contribution in [2.45, 2.75) is 16.5 Å². The number of carbonyl (C=O) groups excluding carboxylic acids is 2. The van der Waals surface area contributed by atoms with Gasteiger partial charge in [-0.05, 0) is 59.8 Å². The molecular formula is C21H13Cl2NO3S2. The summed E-state index contributed by atoms with van der Waals surface area (Å²) in [7, 11) is 0. The van der Waals surface area contributed by atoms with E-state index in [2.05, 4.69) is 0 Å². The maximum Gasteiger partial charge on any atom is 0.293 e. The normalized spacial score (nSPS) is 15.5. The first-order valence-electron chi connectivity index (χ1n) is 8.51. The molecule has 2 aromatic carbocycles. The molecule has 0 radical (unpaired) electrons. The van der Waals surface area contributed by atoms with Gasteiger partial charge >= 0.3 is 0 Å². The summed E-state index contributed by atoms with van der Waals surface area (Å²) in [5.74, 6) is 0.146. The van der Waals surface area contributed by atoms with Gasteiger partial charge in [0.25, 0.3) is 11.1 Å². The predicted octanol–water partition coefficient (Wildman–Crippen LogP) is 6.97. The fourth-order valence-corrected chi connectivity index (χ4v) is 4.57. The molecule has 0 N–H and O–H groups in total. The molecule has 0 saturated carbocycles. The molecule has 4 rings (SSSR count). The molecule has 2 amide bonds. The lowest BCUT2D eigenvalue weighted by Crippen LogP contribution is -2.27. The monoisotopic (exact) mass is 461 g/mol. The topological polar surface area (TPSA) is 50.5 Å². The van der Waals surface area contributed by atoms with Crippen molar-refractivity contribution in [2.24, 2.45) is 0 Å². The second kappa shape index (κ2) is 8.71. The Hall–Kier alpha value is -2.12. The van der Waals surface area contributed by atoms with Crippen LogP contribution >= 0.6 is 46.7 Å². The molecule has 0 atom stereocenters. The van der Waals surface area contributed by atoms with Crippen LogP contribution in [0.2, 0.25) is 10.0 Å². The van der Waals surface area contributed by atoms with Gasteiger partial charge in [-0.25, -0.2) is 0 Å². The van der Waals surface area contributed by atoms with E-state index in [-0.39, 0.29) is 17.7 Å². The number of benzene rings is 2. The zero-order valence-electron chi connectivity index (χ0n) is 14.8. The van der Waals surface area contributed by atoms with Gasteiger partial charge in [-0.15, -0.1) is 0 Å². The molecule has 2 heterocycles. The summed E-state index contributed by atoms with van der Waals surface area (Å²) in [6, 6.07) is 18.1. The summed E-state index contributed by atoms with van der Waals surface area (Å²) in [6.45, 7) is 0.136. The van der Waals surface area contributed by atoms with Crippen LogP contribution in [0.15, 0.2) is 80.0 Å². The lowest BCUT2D eigenvalue weighted by Gasteiger charge is -2.13. The number of nitrogens with zero attached hydrogens (tertiary/aromatic N) is 1. The highest BCUT2D eigenvalue weighted by Crippen LogP contribution is 2.36. The second-order valence-corrected chi connectivity index (χ2v) is 8.99. The number of imide groups is 1. The molecule has 0 bridgehead atoms. The van der Waals surface area contributed by atoms with Gasteiger partial charge < -0.3 is 4.42 Å².